The van der Waals surface area contributed by atoms with E-state index in [4.69, 9.17) is 28.4 Å². The number of ketones is 1. The van der Waals surface area contributed by atoms with Crippen LogP contribution in [-0.2, 0) is 52.4 Å². The van der Waals surface area contributed by atoms with Gasteiger partial charge in [0.2, 0.25) is 0 Å². The van der Waals surface area contributed by atoms with Crippen LogP contribution in [0, 0.1) is 52.3 Å². The van der Waals surface area contributed by atoms with Crippen LogP contribution in [0.2, 0.25) is 0 Å². The molecule has 0 radical (unpaired) electrons. The van der Waals surface area contributed by atoms with E-state index >= 15 is 0 Å². The van der Waals surface area contributed by atoms with Gasteiger partial charge in [-0.1, -0.05) is 59.3 Å². The number of carbonyl (C=O) groups excluding carboxylic acids is 5. The Labute approximate surface area is 321 Å². The van der Waals surface area contributed by atoms with Gasteiger partial charge in [-0.2, -0.15) is 0 Å². The monoisotopic (exact) mass is 756 g/mol. The van der Waals surface area contributed by atoms with Crippen LogP contribution in [-0.4, -0.2) is 73.1 Å². The molecule has 3 saturated carbocycles. The summed E-state index contributed by atoms with van der Waals surface area (Å²) < 4.78 is 34.8. The average Bonchev–Trinajstić information content (AvgIpc) is 3.43. The highest BCUT2D eigenvalue weighted by molar-refractivity contribution is 5.94. The largest absolute Gasteiger partial charge is 0.463 e. The van der Waals surface area contributed by atoms with Crippen LogP contribution in [0.5, 0.6) is 0 Å². The minimum Gasteiger partial charge on any atom is -0.463 e. The molecule has 5 rings (SSSR count). The minimum atomic E-state index is -1.30. The van der Waals surface area contributed by atoms with Crippen molar-refractivity contribution in [3.05, 3.63) is 23.8 Å². The molecule has 0 aromatic rings. The van der Waals surface area contributed by atoms with Gasteiger partial charge in [0.15, 0.2) is 30.4 Å². The summed E-state index contributed by atoms with van der Waals surface area (Å²) in [6.45, 7) is 18.5. The lowest BCUT2D eigenvalue weighted by Gasteiger charge is -2.57. The fourth-order valence-electron chi connectivity index (χ4n) is 11.2. The topological polar surface area (TPSA) is 141 Å². The first-order chi connectivity index (χ1) is 25.4. The highest BCUT2D eigenvalue weighted by atomic mass is 16.7. The lowest BCUT2D eigenvalue weighted by Crippen LogP contribution is -2.63. The van der Waals surface area contributed by atoms with Gasteiger partial charge in [-0.15, -0.1) is 0 Å². The molecule has 0 bridgehead atoms. The molecule has 0 aromatic carbocycles. The highest BCUT2D eigenvalue weighted by Crippen LogP contribution is 2.66. The van der Waals surface area contributed by atoms with Crippen LogP contribution in [0.15, 0.2) is 23.8 Å². The molecular formula is C43H64O11. The van der Waals surface area contributed by atoms with E-state index in [1.165, 1.54) is 27.7 Å². The van der Waals surface area contributed by atoms with E-state index in [9.17, 15) is 24.0 Å². The Kier molecular flexibility index (Phi) is 13.2. The van der Waals surface area contributed by atoms with Crippen molar-refractivity contribution in [2.45, 2.75) is 157 Å². The van der Waals surface area contributed by atoms with E-state index in [1.807, 2.05) is 6.08 Å². The maximum atomic E-state index is 14.3. The molecule has 1 aliphatic heterocycles. The molecule has 11 nitrogen and oxygen atoms in total. The Hall–Kier alpha value is -3.05. The number of hydrogen-bond acceptors (Lipinski definition) is 11. The van der Waals surface area contributed by atoms with Gasteiger partial charge in [-0.25, -0.2) is 0 Å². The van der Waals surface area contributed by atoms with E-state index in [1.54, 1.807) is 0 Å². The first kappa shape index (κ1) is 42.1. The zero-order valence-electron chi connectivity index (χ0n) is 34.1. The van der Waals surface area contributed by atoms with Gasteiger partial charge in [0.1, 0.15) is 12.7 Å². The number of ether oxygens (including phenoxy) is 6. The Morgan fingerprint density at radius 3 is 2.09 bits per heavy atom. The van der Waals surface area contributed by atoms with Crippen molar-refractivity contribution in [3.8, 4) is 0 Å². The highest BCUT2D eigenvalue weighted by Gasteiger charge is 2.62. The summed E-state index contributed by atoms with van der Waals surface area (Å²) in [5.74, 6) is 0.423. The van der Waals surface area contributed by atoms with E-state index in [0.29, 0.717) is 42.4 Å². The van der Waals surface area contributed by atoms with Crippen molar-refractivity contribution in [1.29, 1.82) is 0 Å². The average molecular weight is 757 g/mol. The van der Waals surface area contributed by atoms with E-state index < -0.39 is 60.7 Å². The van der Waals surface area contributed by atoms with Crippen LogP contribution in [0.1, 0.15) is 121 Å². The number of esters is 4. The van der Waals surface area contributed by atoms with Crippen LogP contribution >= 0.6 is 0 Å². The number of hydrogen-bond donors (Lipinski definition) is 0. The van der Waals surface area contributed by atoms with E-state index in [0.717, 1.165) is 44.1 Å². The summed E-state index contributed by atoms with van der Waals surface area (Å²) in [5.41, 5.74) is 1.04. The van der Waals surface area contributed by atoms with Gasteiger partial charge in [-0.05, 0) is 104 Å². The summed E-state index contributed by atoms with van der Waals surface area (Å²) in [6, 6.07) is 0. The second-order valence-corrected chi connectivity index (χ2v) is 17.6. The lowest BCUT2D eigenvalue weighted by atomic mass is 9.46. The van der Waals surface area contributed by atoms with Crippen LogP contribution in [0.3, 0.4) is 0 Å². The first-order valence-electron chi connectivity index (χ1n) is 20.3. The standard InChI is InChI=1S/C43H64O11/c1-11-29(23(2)3)13-12-24(4)32-14-15-33-37-34(17-19-43(32,33)10)42(9)18-16-31(20-30(42)21-35(37)48)53-41-40(52-28(8)47)39(51-27(7)46)38(50-26(6)45)36(54-41)22-49-25(5)44/h12-13,21,23-24,29,31-34,36-41H,11,14-20,22H2,1-10H3. The SMILES string of the molecule is CCC(C=CC(C)C1CCC2C3C(=O)C=C4CC(OC5OC(COC(C)=O)C(OC(C)=O)C(OC(C)=O)C5OC(C)=O)CCC4(C)C3CCC12C)C(C)C. The molecule has 0 amide bonds. The predicted octanol–water partition coefficient (Wildman–Crippen LogP) is 7.09. The molecule has 4 aliphatic carbocycles. The van der Waals surface area contributed by atoms with Crippen molar-refractivity contribution in [1.82, 2.24) is 0 Å². The molecule has 0 spiro atoms. The van der Waals surface area contributed by atoms with Crippen molar-refractivity contribution in [2.75, 3.05) is 6.61 Å². The second-order valence-electron chi connectivity index (χ2n) is 17.6. The number of allylic oxidation sites excluding steroid dienone is 3. The number of rotatable bonds is 12. The molecular weight excluding hydrogens is 692 g/mol. The van der Waals surface area contributed by atoms with Gasteiger partial charge in [0.25, 0.3) is 0 Å². The fourth-order valence-corrected chi connectivity index (χ4v) is 11.2. The molecule has 1 heterocycles. The van der Waals surface area contributed by atoms with Crippen molar-refractivity contribution < 1.29 is 52.4 Å². The van der Waals surface area contributed by atoms with E-state index in [-0.39, 0.29) is 35.1 Å². The van der Waals surface area contributed by atoms with Crippen molar-refractivity contribution >= 4 is 29.7 Å². The molecule has 5 aliphatic rings. The van der Waals surface area contributed by atoms with Crippen LogP contribution < -0.4 is 0 Å². The van der Waals surface area contributed by atoms with Gasteiger partial charge in [0, 0.05) is 33.6 Å². The molecule has 11 heteroatoms. The third-order valence-corrected chi connectivity index (χ3v) is 13.9. The number of carbonyl (C=O) groups is 5. The third kappa shape index (κ3) is 8.67. The summed E-state index contributed by atoms with van der Waals surface area (Å²) in [4.78, 5) is 62.9. The van der Waals surface area contributed by atoms with Gasteiger partial charge >= 0.3 is 23.9 Å². The molecule has 1 saturated heterocycles. The summed E-state index contributed by atoms with van der Waals surface area (Å²) in [7, 11) is 0. The molecule has 54 heavy (non-hydrogen) atoms. The smallest absolute Gasteiger partial charge is 0.303 e. The zero-order valence-corrected chi connectivity index (χ0v) is 34.1. The second kappa shape index (κ2) is 17.0. The summed E-state index contributed by atoms with van der Waals surface area (Å²) >= 11 is 0. The van der Waals surface area contributed by atoms with E-state index in [2.05, 4.69) is 53.7 Å². The Morgan fingerprint density at radius 1 is 0.833 bits per heavy atom. The molecule has 14 atom stereocenters. The normalized spacial score (nSPS) is 38.7. The van der Waals surface area contributed by atoms with Crippen LogP contribution in [0.4, 0.5) is 0 Å². The Balaban J connectivity index is 1.36. The summed E-state index contributed by atoms with van der Waals surface area (Å²) in [6.07, 6.45) is 7.70. The molecule has 0 aromatic heterocycles. The lowest BCUT2D eigenvalue weighted by molar-refractivity contribution is -0.318. The maximum Gasteiger partial charge on any atom is 0.303 e. The molecule has 0 N–H and O–H groups in total. The van der Waals surface area contributed by atoms with Crippen LogP contribution in [0.25, 0.3) is 0 Å². The minimum absolute atomic E-state index is 0.00922. The predicted molar refractivity (Wildman–Crippen MR) is 199 cm³/mol. The van der Waals surface area contributed by atoms with Gasteiger partial charge < -0.3 is 28.4 Å². The third-order valence-electron chi connectivity index (χ3n) is 13.9. The molecule has 302 valence electrons. The molecule has 14 unspecified atom stereocenters. The quantitative estimate of drug-likeness (QED) is 0.115. The Morgan fingerprint density at radius 2 is 1.48 bits per heavy atom. The summed E-state index contributed by atoms with van der Waals surface area (Å²) in [5, 5.41) is 0. The zero-order chi connectivity index (χ0) is 39.7. The van der Waals surface area contributed by atoms with Crippen molar-refractivity contribution in [3.63, 3.8) is 0 Å². The van der Waals surface area contributed by atoms with Crippen molar-refractivity contribution in [2.24, 2.45) is 52.3 Å². The number of fused-ring (bicyclic) bond motifs is 5. The Bertz CT molecular complexity index is 1480. The fraction of sp³-hybridized carbons (Fsp3) is 0.791. The van der Waals surface area contributed by atoms with Gasteiger partial charge in [0.05, 0.1) is 6.10 Å². The maximum absolute atomic E-state index is 14.3. The first-order valence-corrected chi connectivity index (χ1v) is 20.3. The van der Waals surface area contributed by atoms with Gasteiger partial charge in [-0.3, -0.25) is 24.0 Å². The molecule has 4 fully saturated rings.